The Morgan fingerprint density at radius 2 is 1.84 bits per heavy atom. The van der Waals surface area contributed by atoms with E-state index < -0.39 is 23.7 Å². The number of Topliss-reactive ketones (excluding diaryl/α,β-unsaturated/α-hetero) is 1. The van der Waals surface area contributed by atoms with E-state index in [0.29, 0.717) is 19.4 Å². The highest BCUT2D eigenvalue weighted by molar-refractivity contribution is 5.99. The summed E-state index contributed by atoms with van der Waals surface area (Å²) in [7, 11) is 0. The SMILES string of the molecule is CC(C)(C)OC(=O)CC(=O)[C@@H]1CCCN1C(=O)OCc1ccccc1. The lowest BCUT2D eigenvalue weighted by molar-refractivity contribution is -0.156. The van der Waals surface area contributed by atoms with Crippen molar-refractivity contribution in [2.75, 3.05) is 6.54 Å². The third-order valence-electron chi connectivity index (χ3n) is 3.80. The lowest BCUT2D eigenvalue weighted by Gasteiger charge is -2.24. The van der Waals surface area contributed by atoms with Crippen LogP contribution in [0.15, 0.2) is 30.3 Å². The van der Waals surface area contributed by atoms with Gasteiger partial charge in [0, 0.05) is 6.54 Å². The van der Waals surface area contributed by atoms with Crippen LogP contribution in [-0.4, -0.2) is 40.9 Å². The molecule has 0 aromatic heterocycles. The molecule has 25 heavy (non-hydrogen) atoms. The smallest absolute Gasteiger partial charge is 0.410 e. The predicted molar refractivity (Wildman–Crippen MR) is 91.8 cm³/mol. The second-order valence-corrected chi connectivity index (χ2v) is 7.12. The number of rotatable bonds is 5. The molecule has 0 spiro atoms. The summed E-state index contributed by atoms with van der Waals surface area (Å²) in [5, 5.41) is 0. The maximum absolute atomic E-state index is 12.4. The van der Waals surface area contributed by atoms with Gasteiger partial charge in [0.2, 0.25) is 0 Å². The fourth-order valence-electron chi connectivity index (χ4n) is 2.76. The second kappa shape index (κ2) is 8.14. The van der Waals surface area contributed by atoms with E-state index in [4.69, 9.17) is 9.47 Å². The van der Waals surface area contributed by atoms with Gasteiger partial charge in [-0.25, -0.2) is 4.79 Å². The van der Waals surface area contributed by atoms with Gasteiger partial charge in [0.25, 0.3) is 0 Å². The summed E-state index contributed by atoms with van der Waals surface area (Å²) in [5.41, 5.74) is 0.244. The Labute approximate surface area is 148 Å². The van der Waals surface area contributed by atoms with Crippen LogP contribution in [0.1, 0.15) is 45.6 Å². The van der Waals surface area contributed by atoms with Crippen molar-refractivity contribution in [2.24, 2.45) is 0 Å². The number of nitrogens with zero attached hydrogens (tertiary/aromatic N) is 1. The molecule has 1 aromatic rings. The van der Waals surface area contributed by atoms with E-state index in [2.05, 4.69) is 0 Å². The number of esters is 1. The van der Waals surface area contributed by atoms with Crippen LogP contribution in [0.25, 0.3) is 0 Å². The van der Waals surface area contributed by atoms with Crippen LogP contribution < -0.4 is 0 Å². The third-order valence-corrected chi connectivity index (χ3v) is 3.80. The molecule has 136 valence electrons. The first kappa shape index (κ1) is 19.0. The summed E-state index contributed by atoms with van der Waals surface area (Å²) >= 11 is 0. The molecule has 0 unspecified atom stereocenters. The number of carbonyl (C=O) groups is 3. The standard InChI is InChI=1S/C19H25NO5/c1-19(2,3)25-17(22)12-16(21)15-10-7-11-20(15)18(23)24-13-14-8-5-4-6-9-14/h4-6,8-9,15H,7,10-13H2,1-3H3/t15-/m0/s1. The average molecular weight is 347 g/mol. The monoisotopic (exact) mass is 347 g/mol. The summed E-state index contributed by atoms with van der Waals surface area (Å²) in [6.07, 6.45) is 0.404. The van der Waals surface area contributed by atoms with Gasteiger partial charge >= 0.3 is 12.1 Å². The van der Waals surface area contributed by atoms with Crippen molar-refractivity contribution in [3.8, 4) is 0 Å². The van der Waals surface area contributed by atoms with Crippen LogP contribution in [0.3, 0.4) is 0 Å². The van der Waals surface area contributed by atoms with Crippen molar-refractivity contribution in [2.45, 2.75) is 58.3 Å². The first-order chi connectivity index (χ1) is 11.8. The minimum absolute atomic E-state index is 0.156. The van der Waals surface area contributed by atoms with Gasteiger partial charge in [-0.3, -0.25) is 14.5 Å². The van der Waals surface area contributed by atoms with Gasteiger partial charge in [-0.15, -0.1) is 0 Å². The number of ether oxygens (including phenoxy) is 2. The number of hydrogen-bond donors (Lipinski definition) is 0. The van der Waals surface area contributed by atoms with Gasteiger partial charge in [-0.05, 0) is 39.2 Å². The van der Waals surface area contributed by atoms with E-state index >= 15 is 0 Å². The van der Waals surface area contributed by atoms with Gasteiger partial charge in [0.15, 0.2) is 5.78 Å². The van der Waals surface area contributed by atoms with Crippen molar-refractivity contribution in [1.82, 2.24) is 4.90 Å². The molecular weight excluding hydrogens is 322 g/mol. The van der Waals surface area contributed by atoms with Crippen LogP contribution >= 0.6 is 0 Å². The van der Waals surface area contributed by atoms with Crippen LogP contribution in [0.4, 0.5) is 4.79 Å². The molecule has 1 saturated heterocycles. The average Bonchev–Trinajstić information content (AvgIpc) is 3.01. The number of hydrogen-bond acceptors (Lipinski definition) is 5. The molecule has 1 atom stereocenters. The Bertz CT molecular complexity index is 620. The zero-order valence-electron chi connectivity index (χ0n) is 15.0. The minimum Gasteiger partial charge on any atom is -0.460 e. The molecule has 1 heterocycles. The fraction of sp³-hybridized carbons (Fsp3) is 0.526. The van der Waals surface area contributed by atoms with Gasteiger partial charge in [0.05, 0.1) is 6.04 Å². The van der Waals surface area contributed by atoms with Gasteiger partial charge in [-0.1, -0.05) is 30.3 Å². The van der Waals surface area contributed by atoms with E-state index in [1.807, 2.05) is 30.3 Å². The molecule has 6 heteroatoms. The fourth-order valence-corrected chi connectivity index (χ4v) is 2.76. The summed E-state index contributed by atoms with van der Waals surface area (Å²) in [6, 6.07) is 8.73. The van der Waals surface area contributed by atoms with E-state index in [1.165, 1.54) is 4.90 Å². The highest BCUT2D eigenvalue weighted by atomic mass is 16.6. The van der Waals surface area contributed by atoms with Gasteiger partial charge in [-0.2, -0.15) is 0 Å². The van der Waals surface area contributed by atoms with E-state index in [0.717, 1.165) is 5.56 Å². The predicted octanol–water partition coefficient (Wildman–Crippen LogP) is 3.09. The Morgan fingerprint density at radius 3 is 2.48 bits per heavy atom. The third kappa shape index (κ3) is 5.89. The lowest BCUT2D eigenvalue weighted by Crippen LogP contribution is -2.41. The molecule has 1 aliphatic rings. The Balaban J connectivity index is 1.89. The van der Waals surface area contributed by atoms with Crippen molar-refractivity contribution in [3.05, 3.63) is 35.9 Å². The Kier molecular flexibility index (Phi) is 6.17. The number of benzene rings is 1. The lowest BCUT2D eigenvalue weighted by atomic mass is 10.1. The van der Waals surface area contributed by atoms with Crippen molar-refractivity contribution >= 4 is 17.8 Å². The maximum atomic E-state index is 12.4. The molecule has 0 N–H and O–H groups in total. The second-order valence-electron chi connectivity index (χ2n) is 7.12. The molecule has 1 fully saturated rings. The highest BCUT2D eigenvalue weighted by Crippen LogP contribution is 2.21. The molecule has 0 bridgehead atoms. The molecule has 6 nitrogen and oxygen atoms in total. The van der Waals surface area contributed by atoms with E-state index in [1.54, 1.807) is 20.8 Å². The highest BCUT2D eigenvalue weighted by Gasteiger charge is 2.36. The largest absolute Gasteiger partial charge is 0.460 e. The summed E-state index contributed by atoms with van der Waals surface area (Å²) in [6.45, 7) is 5.86. The van der Waals surface area contributed by atoms with Crippen LogP contribution in [0.2, 0.25) is 0 Å². The zero-order valence-corrected chi connectivity index (χ0v) is 15.0. The summed E-state index contributed by atoms with van der Waals surface area (Å²) < 4.78 is 10.5. The quantitative estimate of drug-likeness (QED) is 0.604. The number of amides is 1. The first-order valence-electron chi connectivity index (χ1n) is 8.48. The van der Waals surface area contributed by atoms with Crippen molar-refractivity contribution < 1.29 is 23.9 Å². The minimum atomic E-state index is -0.638. The number of carbonyl (C=O) groups excluding carboxylic acids is 3. The molecule has 0 saturated carbocycles. The van der Waals surface area contributed by atoms with E-state index in [-0.39, 0.29) is 18.8 Å². The van der Waals surface area contributed by atoms with Crippen LogP contribution in [0.5, 0.6) is 0 Å². The normalized spacial score (nSPS) is 17.2. The Hall–Kier alpha value is -2.37. The molecule has 0 radical (unpaired) electrons. The van der Waals surface area contributed by atoms with Crippen LogP contribution in [0, 0.1) is 0 Å². The molecular formula is C19H25NO5. The van der Waals surface area contributed by atoms with Crippen LogP contribution in [-0.2, 0) is 25.7 Å². The van der Waals surface area contributed by atoms with Gasteiger partial charge in [0.1, 0.15) is 18.6 Å². The Morgan fingerprint density at radius 1 is 1.16 bits per heavy atom. The van der Waals surface area contributed by atoms with E-state index in [9.17, 15) is 14.4 Å². The summed E-state index contributed by atoms with van der Waals surface area (Å²) in [4.78, 5) is 37.9. The van der Waals surface area contributed by atoms with Gasteiger partial charge < -0.3 is 9.47 Å². The number of likely N-dealkylation sites (tertiary alicyclic amines) is 1. The van der Waals surface area contributed by atoms with Crippen molar-refractivity contribution in [1.29, 1.82) is 0 Å². The topological polar surface area (TPSA) is 72.9 Å². The maximum Gasteiger partial charge on any atom is 0.410 e. The molecule has 1 amide bonds. The van der Waals surface area contributed by atoms with Crippen molar-refractivity contribution in [3.63, 3.8) is 0 Å². The summed E-state index contributed by atoms with van der Waals surface area (Å²) in [5.74, 6) is -0.870. The molecule has 2 rings (SSSR count). The molecule has 1 aromatic carbocycles. The molecule has 1 aliphatic heterocycles. The molecule has 0 aliphatic carbocycles. The number of ketones is 1. The zero-order chi connectivity index (χ0) is 18.4. The first-order valence-corrected chi connectivity index (χ1v) is 8.48.